The largest absolute Gasteiger partial charge is 0.351 e. The molecule has 1 amide bonds. The molecule has 1 aromatic carbocycles. The van der Waals surface area contributed by atoms with Crippen LogP contribution in [0.15, 0.2) is 66.4 Å². The molecule has 0 aliphatic rings. The number of amides is 1. The summed E-state index contributed by atoms with van der Waals surface area (Å²) in [4.78, 5) is 18.1. The molecule has 4 aromatic rings. The van der Waals surface area contributed by atoms with Crippen LogP contribution in [0.1, 0.15) is 21.7 Å². The summed E-state index contributed by atoms with van der Waals surface area (Å²) < 4.78 is 3.79. The number of hydrogen-bond donors (Lipinski definition) is 1. The lowest BCUT2D eigenvalue weighted by atomic mass is 10.2. The summed E-state index contributed by atoms with van der Waals surface area (Å²) >= 11 is 1.58. The van der Waals surface area contributed by atoms with Crippen molar-refractivity contribution in [3.63, 3.8) is 0 Å². The number of nitrogens with one attached hydrogen (secondary N) is 1. The van der Waals surface area contributed by atoms with Crippen molar-refractivity contribution in [3.8, 4) is 10.6 Å². The average Bonchev–Trinajstić information content (AvgIpc) is 3.44. The average molecular weight is 392 g/mol. The van der Waals surface area contributed by atoms with Crippen LogP contribution in [0.3, 0.4) is 0 Å². The molecule has 4 rings (SSSR count). The van der Waals surface area contributed by atoms with Gasteiger partial charge in [0.15, 0.2) is 0 Å². The van der Waals surface area contributed by atoms with Gasteiger partial charge in [-0.2, -0.15) is 5.10 Å². The molecule has 6 nitrogen and oxygen atoms in total. The van der Waals surface area contributed by atoms with Crippen LogP contribution in [0.25, 0.3) is 10.6 Å². The van der Waals surface area contributed by atoms with E-state index in [9.17, 15) is 4.79 Å². The Morgan fingerprint density at radius 1 is 1.18 bits per heavy atom. The third kappa shape index (κ3) is 4.04. The summed E-state index contributed by atoms with van der Waals surface area (Å²) in [6.45, 7) is 1.15. The number of rotatable bonds is 7. The fourth-order valence-electron chi connectivity index (χ4n) is 3.05. The Bertz CT molecular complexity index is 1050. The van der Waals surface area contributed by atoms with E-state index in [0.717, 1.165) is 22.0 Å². The van der Waals surface area contributed by atoms with Gasteiger partial charge in [0.2, 0.25) is 0 Å². The van der Waals surface area contributed by atoms with Crippen molar-refractivity contribution in [2.75, 3.05) is 6.54 Å². The lowest BCUT2D eigenvalue weighted by Gasteiger charge is -2.05. The molecule has 0 radical (unpaired) electrons. The Morgan fingerprint density at radius 2 is 2.04 bits per heavy atom. The van der Waals surface area contributed by atoms with Crippen molar-refractivity contribution < 1.29 is 4.79 Å². The molecule has 1 N–H and O–H groups in total. The molecule has 0 bridgehead atoms. The molecule has 3 aromatic heterocycles. The number of hydrogen-bond acceptors (Lipinski definition) is 4. The summed E-state index contributed by atoms with van der Waals surface area (Å²) in [5, 5.41) is 9.69. The van der Waals surface area contributed by atoms with E-state index in [1.165, 1.54) is 0 Å². The van der Waals surface area contributed by atoms with Gasteiger partial charge in [0.1, 0.15) is 11.5 Å². The van der Waals surface area contributed by atoms with Crippen LogP contribution in [0, 0.1) is 0 Å². The Hall–Kier alpha value is -3.19. The van der Waals surface area contributed by atoms with Crippen LogP contribution < -0.4 is 5.32 Å². The van der Waals surface area contributed by atoms with Crippen LogP contribution in [-0.4, -0.2) is 31.8 Å². The molecule has 0 fully saturated rings. The van der Waals surface area contributed by atoms with Crippen molar-refractivity contribution >= 4 is 17.2 Å². The molecule has 0 saturated carbocycles. The van der Waals surface area contributed by atoms with E-state index in [1.54, 1.807) is 17.5 Å². The van der Waals surface area contributed by atoms with Gasteiger partial charge >= 0.3 is 0 Å². The predicted molar refractivity (Wildman–Crippen MR) is 110 cm³/mol. The topological polar surface area (TPSA) is 64.7 Å². The molecule has 28 heavy (non-hydrogen) atoms. The van der Waals surface area contributed by atoms with Crippen LogP contribution in [-0.2, 0) is 20.0 Å². The monoisotopic (exact) mass is 391 g/mol. The second-order valence-corrected chi connectivity index (χ2v) is 7.46. The Kier molecular flexibility index (Phi) is 5.34. The number of thiophene rings is 1. The first-order valence-corrected chi connectivity index (χ1v) is 9.98. The van der Waals surface area contributed by atoms with Gasteiger partial charge in [0, 0.05) is 38.6 Å². The normalized spacial score (nSPS) is 10.9. The first kappa shape index (κ1) is 18.2. The molecule has 0 saturated heterocycles. The van der Waals surface area contributed by atoms with E-state index in [0.29, 0.717) is 25.1 Å². The van der Waals surface area contributed by atoms with E-state index in [2.05, 4.69) is 22.4 Å². The van der Waals surface area contributed by atoms with Crippen LogP contribution in [0.5, 0.6) is 0 Å². The molecule has 0 aliphatic carbocycles. The Morgan fingerprint density at radius 3 is 2.75 bits per heavy atom. The zero-order chi connectivity index (χ0) is 19.3. The van der Waals surface area contributed by atoms with Gasteiger partial charge in [-0.15, -0.1) is 11.3 Å². The fourth-order valence-corrected chi connectivity index (χ4v) is 3.78. The minimum Gasteiger partial charge on any atom is -0.351 e. The number of nitrogens with zero attached hydrogens (tertiary/aromatic N) is 4. The van der Waals surface area contributed by atoms with Gasteiger partial charge in [0.25, 0.3) is 5.91 Å². The molecule has 0 spiro atoms. The van der Waals surface area contributed by atoms with Crippen molar-refractivity contribution in [2.24, 2.45) is 7.05 Å². The first-order chi connectivity index (χ1) is 13.7. The number of aromatic nitrogens is 4. The number of carbonyl (C=O) groups excluding carboxylic acids is 1. The number of imidazole rings is 1. The van der Waals surface area contributed by atoms with Crippen molar-refractivity contribution in [1.82, 2.24) is 24.6 Å². The highest BCUT2D eigenvalue weighted by Crippen LogP contribution is 2.27. The summed E-state index contributed by atoms with van der Waals surface area (Å²) in [6, 6.07) is 14.1. The molecule has 0 aliphatic heterocycles. The molecule has 3 heterocycles. The summed E-state index contributed by atoms with van der Waals surface area (Å²) in [5.41, 5.74) is 2.46. The highest BCUT2D eigenvalue weighted by molar-refractivity contribution is 7.13. The van der Waals surface area contributed by atoms with Gasteiger partial charge in [-0.3, -0.25) is 9.48 Å². The molecule has 7 heteroatoms. The van der Waals surface area contributed by atoms with E-state index >= 15 is 0 Å². The third-order valence-corrected chi connectivity index (χ3v) is 5.38. The molecular formula is C21H21N5OS. The maximum Gasteiger partial charge on any atom is 0.255 e. The Labute approximate surface area is 167 Å². The maximum absolute atomic E-state index is 12.9. The fraction of sp³-hybridized carbons (Fsp3) is 0.190. The maximum atomic E-state index is 12.9. The molecule has 0 unspecified atom stereocenters. The van der Waals surface area contributed by atoms with E-state index in [-0.39, 0.29) is 5.91 Å². The zero-order valence-corrected chi connectivity index (χ0v) is 16.4. The van der Waals surface area contributed by atoms with Crippen molar-refractivity contribution in [3.05, 3.63) is 83.4 Å². The van der Waals surface area contributed by atoms with E-state index < -0.39 is 0 Å². The Balaban J connectivity index is 1.52. The van der Waals surface area contributed by atoms with Crippen LogP contribution >= 0.6 is 11.3 Å². The van der Waals surface area contributed by atoms with E-state index in [4.69, 9.17) is 5.10 Å². The minimum absolute atomic E-state index is 0.114. The van der Waals surface area contributed by atoms with Gasteiger partial charge < -0.3 is 9.88 Å². The van der Waals surface area contributed by atoms with Gasteiger partial charge in [-0.05, 0) is 17.0 Å². The summed E-state index contributed by atoms with van der Waals surface area (Å²) in [6.07, 6.45) is 6.18. The smallest absolute Gasteiger partial charge is 0.255 e. The minimum atomic E-state index is -0.114. The lowest BCUT2D eigenvalue weighted by Crippen LogP contribution is -2.26. The predicted octanol–water partition coefficient (Wildman–Crippen LogP) is 3.37. The molecule has 0 atom stereocenters. The number of benzene rings is 1. The standard InChI is InChI=1S/C21H21N5OS/c1-25-12-11-22-19(25)9-10-23-21(27)17-15-26(14-16-6-3-2-4-7-16)24-20(17)18-8-5-13-28-18/h2-8,11-13,15H,9-10,14H2,1H3,(H,23,27). The van der Waals surface area contributed by atoms with Gasteiger partial charge in [-0.1, -0.05) is 36.4 Å². The van der Waals surface area contributed by atoms with Crippen molar-refractivity contribution in [1.29, 1.82) is 0 Å². The summed E-state index contributed by atoms with van der Waals surface area (Å²) in [7, 11) is 1.95. The highest BCUT2D eigenvalue weighted by Gasteiger charge is 2.18. The van der Waals surface area contributed by atoms with Gasteiger partial charge in [0.05, 0.1) is 17.0 Å². The number of carbonyl (C=O) groups is 1. The quantitative estimate of drug-likeness (QED) is 0.525. The van der Waals surface area contributed by atoms with Crippen LogP contribution in [0.4, 0.5) is 0 Å². The second kappa shape index (κ2) is 8.22. The second-order valence-electron chi connectivity index (χ2n) is 6.51. The zero-order valence-electron chi connectivity index (χ0n) is 15.6. The number of aryl methyl sites for hydroxylation is 1. The molecule has 142 valence electrons. The van der Waals surface area contributed by atoms with Crippen LogP contribution in [0.2, 0.25) is 0 Å². The molecular weight excluding hydrogens is 370 g/mol. The highest BCUT2D eigenvalue weighted by atomic mass is 32.1. The third-order valence-electron chi connectivity index (χ3n) is 4.50. The lowest BCUT2D eigenvalue weighted by molar-refractivity contribution is 0.0954. The van der Waals surface area contributed by atoms with E-state index in [1.807, 2.05) is 64.4 Å². The SMILES string of the molecule is Cn1ccnc1CCNC(=O)c1cn(Cc2ccccc2)nc1-c1cccs1. The van der Waals surface area contributed by atoms with Crippen molar-refractivity contribution in [2.45, 2.75) is 13.0 Å². The first-order valence-electron chi connectivity index (χ1n) is 9.10. The summed E-state index contributed by atoms with van der Waals surface area (Å²) in [5.74, 6) is 0.829. The van der Waals surface area contributed by atoms with Gasteiger partial charge in [-0.25, -0.2) is 4.98 Å².